The standard InChI is InChI=1S/C32H21NO.C16H12N4/c1-19-14-16-21(17-15-19)33-26-12-6-4-10-23(26)29-30-24-11-5-7-13-27(24)34-32(30)25-18-20-8-2-3-9-22(20)28(25)31(29)33;1-19-16(14-5-3-2-4-6-14)20-15(18)13-9-7-12(11-17)8-10-13/h2-17H,18H2,1H3;2-10,18H,1H2. The van der Waals surface area contributed by atoms with Crippen molar-refractivity contribution in [2.24, 2.45) is 9.98 Å². The summed E-state index contributed by atoms with van der Waals surface area (Å²) in [5, 5.41) is 21.7. The largest absolute Gasteiger partial charge is 0.456 e. The molecular formula is C48H33N5O. The number of nitrogens with zero attached hydrogens (tertiary/aromatic N) is 4. The number of nitrogens with one attached hydrogen (secondary N) is 1. The molecule has 0 spiro atoms. The highest BCUT2D eigenvalue weighted by atomic mass is 16.3. The molecule has 6 nitrogen and oxygen atoms in total. The predicted molar refractivity (Wildman–Crippen MR) is 222 cm³/mol. The average Bonchev–Trinajstić information content (AvgIpc) is 3.91. The molecule has 1 N–H and O–H groups in total. The molecule has 0 fully saturated rings. The molecule has 0 bridgehead atoms. The normalized spacial score (nSPS) is 12.0. The van der Waals surface area contributed by atoms with E-state index in [2.05, 4.69) is 125 Å². The molecule has 0 aliphatic heterocycles. The summed E-state index contributed by atoms with van der Waals surface area (Å²) < 4.78 is 9.07. The van der Waals surface area contributed by atoms with Crippen LogP contribution < -0.4 is 0 Å². The van der Waals surface area contributed by atoms with Gasteiger partial charge in [0.15, 0.2) is 11.7 Å². The summed E-state index contributed by atoms with van der Waals surface area (Å²) in [7, 11) is 0. The Morgan fingerprint density at radius 2 is 1.43 bits per heavy atom. The van der Waals surface area contributed by atoms with Gasteiger partial charge < -0.3 is 8.98 Å². The molecule has 0 unspecified atom stereocenters. The van der Waals surface area contributed by atoms with E-state index in [1.165, 1.54) is 66.1 Å². The van der Waals surface area contributed by atoms with E-state index in [0.29, 0.717) is 17.0 Å². The van der Waals surface area contributed by atoms with Crippen molar-refractivity contribution in [1.29, 1.82) is 10.7 Å². The minimum atomic E-state index is 0.0840. The van der Waals surface area contributed by atoms with Gasteiger partial charge in [0, 0.05) is 55.9 Å². The Hall–Kier alpha value is -7.36. The average molecular weight is 696 g/mol. The smallest absolute Gasteiger partial charge is 0.161 e. The van der Waals surface area contributed by atoms with Crippen LogP contribution in [0, 0.1) is 23.7 Å². The van der Waals surface area contributed by atoms with Crippen LogP contribution in [0.5, 0.6) is 0 Å². The van der Waals surface area contributed by atoms with Crippen molar-refractivity contribution in [3.05, 3.63) is 185 Å². The maximum atomic E-state index is 8.74. The molecule has 0 saturated carbocycles. The summed E-state index contributed by atoms with van der Waals surface area (Å²) in [6.45, 7) is 5.63. The van der Waals surface area contributed by atoms with Crippen molar-refractivity contribution in [3.63, 3.8) is 0 Å². The lowest BCUT2D eigenvalue weighted by Crippen LogP contribution is -2.03. The zero-order valence-electron chi connectivity index (χ0n) is 29.5. The van der Waals surface area contributed by atoms with Gasteiger partial charge in [-0.25, -0.2) is 9.98 Å². The molecule has 0 atom stereocenters. The number of nitriles is 1. The van der Waals surface area contributed by atoms with Crippen LogP contribution in [0.4, 0.5) is 0 Å². The third kappa shape index (κ3) is 5.39. The second-order valence-electron chi connectivity index (χ2n) is 13.4. The second kappa shape index (κ2) is 13.3. The number of fused-ring (bicyclic) bond motifs is 12. The van der Waals surface area contributed by atoms with Crippen molar-refractivity contribution in [2.75, 3.05) is 0 Å². The molecule has 10 rings (SSSR count). The third-order valence-electron chi connectivity index (χ3n) is 10.2. The van der Waals surface area contributed by atoms with E-state index >= 15 is 0 Å². The molecule has 9 aromatic rings. The number of aromatic nitrogens is 1. The van der Waals surface area contributed by atoms with Crippen molar-refractivity contribution in [2.45, 2.75) is 13.3 Å². The van der Waals surface area contributed by atoms with Gasteiger partial charge in [-0.2, -0.15) is 5.26 Å². The second-order valence-corrected chi connectivity index (χ2v) is 13.4. The summed E-state index contributed by atoms with van der Waals surface area (Å²) >= 11 is 0. The molecule has 0 saturated heterocycles. The van der Waals surface area contributed by atoms with Gasteiger partial charge in [-0.15, -0.1) is 0 Å². The number of rotatable bonds is 3. The minimum absolute atomic E-state index is 0.0840. The Labute approximate surface area is 312 Å². The van der Waals surface area contributed by atoms with E-state index in [1.807, 2.05) is 36.4 Å². The van der Waals surface area contributed by atoms with E-state index in [9.17, 15) is 0 Å². The first-order chi connectivity index (χ1) is 26.5. The van der Waals surface area contributed by atoms with Gasteiger partial charge in [0.1, 0.15) is 11.2 Å². The lowest BCUT2D eigenvalue weighted by atomic mass is 9.97. The molecule has 2 heterocycles. The fourth-order valence-electron chi connectivity index (χ4n) is 7.67. The zero-order chi connectivity index (χ0) is 36.8. The molecule has 256 valence electrons. The summed E-state index contributed by atoms with van der Waals surface area (Å²) in [6, 6.07) is 53.1. The van der Waals surface area contributed by atoms with Gasteiger partial charge in [0.2, 0.25) is 0 Å². The van der Waals surface area contributed by atoms with Gasteiger partial charge in [0.25, 0.3) is 0 Å². The number of hydrogen-bond donors (Lipinski definition) is 1. The van der Waals surface area contributed by atoms with E-state index in [1.54, 1.807) is 24.3 Å². The number of furan rings is 1. The van der Waals surface area contributed by atoms with Crippen LogP contribution in [0.3, 0.4) is 0 Å². The molecule has 6 heteroatoms. The van der Waals surface area contributed by atoms with Crippen LogP contribution in [0.15, 0.2) is 166 Å². The molecule has 54 heavy (non-hydrogen) atoms. The predicted octanol–water partition coefficient (Wildman–Crippen LogP) is 11.6. The van der Waals surface area contributed by atoms with Gasteiger partial charge in [0.05, 0.1) is 22.7 Å². The lowest BCUT2D eigenvalue weighted by Gasteiger charge is -2.12. The Bertz CT molecular complexity index is 3000. The van der Waals surface area contributed by atoms with Gasteiger partial charge in [-0.3, -0.25) is 5.41 Å². The van der Waals surface area contributed by atoms with E-state index in [-0.39, 0.29) is 5.84 Å². The molecule has 1 aliphatic carbocycles. The van der Waals surface area contributed by atoms with Gasteiger partial charge >= 0.3 is 0 Å². The summed E-state index contributed by atoms with van der Waals surface area (Å²) in [5.74, 6) is 0.487. The lowest BCUT2D eigenvalue weighted by molar-refractivity contribution is 0.665. The van der Waals surface area contributed by atoms with Crippen LogP contribution in [0.2, 0.25) is 0 Å². The van der Waals surface area contributed by atoms with Crippen LogP contribution in [-0.2, 0) is 6.42 Å². The number of benzene rings is 7. The van der Waals surface area contributed by atoms with Crippen LogP contribution in [-0.4, -0.2) is 23.0 Å². The maximum Gasteiger partial charge on any atom is 0.161 e. The highest BCUT2D eigenvalue weighted by Gasteiger charge is 2.30. The molecule has 2 aromatic heterocycles. The molecule has 1 aliphatic rings. The Balaban J connectivity index is 0.000000165. The third-order valence-corrected chi connectivity index (χ3v) is 10.2. The first kappa shape index (κ1) is 32.5. The monoisotopic (exact) mass is 695 g/mol. The molecular weight excluding hydrogens is 663 g/mol. The van der Waals surface area contributed by atoms with Crippen LogP contribution in [0.1, 0.15) is 33.4 Å². The Kier molecular flexibility index (Phi) is 8.03. The van der Waals surface area contributed by atoms with Gasteiger partial charge in [-0.05, 0) is 73.3 Å². The minimum Gasteiger partial charge on any atom is -0.456 e. The van der Waals surface area contributed by atoms with Crippen molar-refractivity contribution in [1.82, 2.24) is 4.57 Å². The first-order valence-corrected chi connectivity index (χ1v) is 17.8. The fourth-order valence-corrected chi connectivity index (χ4v) is 7.67. The van der Waals surface area contributed by atoms with Crippen molar-refractivity contribution in [3.8, 4) is 22.9 Å². The van der Waals surface area contributed by atoms with Crippen molar-refractivity contribution >= 4 is 62.1 Å². The molecule has 0 amide bonds. The number of aliphatic imine (C=N–C) groups is 2. The molecule has 7 aromatic carbocycles. The quantitative estimate of drug-likeness (QED) is 0.147. The van der Waals surface area contributed by atoms with Gasteiger partial charge in [-0.1, -0.05) is 109 Å². The highest BCUT2D eigenvalue weighted by Crippen LogP contribution is 2.51. The Morgan fingerprint density at radius 1 is 0.741 bits per heavy atom. The summed E-state index contributed by atoms with van der Waals surface area (Å²) in [4.78, 5) is 8.04. The van der Waals surface area contributed by atoms with E-state index < -0.39 is 0 Å². The number of para-hydroxylation sites is 2. The maximum absolute atomic E-state index is 8.74. The number of amidine groups is 2. The summed E-state index contributed by atoms with van der Waals surface area (Å²) in [5.41, 5.74) is 14.2. The highest BCUT2D eigenvalue weighted by molar-refractivity contribution is 6.31. The number of hydrogen-bond acceptors (Lipinski definition) is 3. The zero-order valence-corrected chi connectivity index (χ0v) is 29.5. The fraction of sp³-hybridized carbons (Fsp3) is 0.0417. The number of aryl methyl sites for hydroxylation is 1. The SMILES string of the molecule is C=NC(=NC(=N)c1ccc(C#N)cc1)c1ccccc1.Cc1ccc(-n2c3ccccc3c3c4c(oc5ccccc54)c4c(c32)-c2ccccc2C4)cc1. The van der Waals surface area contributed by atoms with Crippen LogP contribution >= 0.6 is 0 Å². The summed E-state index contributed by atoms with van der Waals surface area (Å²) in [6.07, 6.45) is 0.896. The van der Waals surface area contributed by atoms with Crippen molar-refractivity contribution < 1.29 is 4.42 Å². The van der Waals surface area contributed by atoms with E-state index in [4.69, 9.17) is 15.1 Å². The Morgan fingerprint density at radius 3 is 2.19 bits per heavy atom. The van der Waals surface area contributed by atoms with E-state index in [0.717, 1.165) is 23.2 Å². The first-order valence-electron chi connectivity index (χ1n) is 17.8. The molecule has 0 radical (unpaired) electrons. The van der Waals surface area contributed by atoms with Crippen LogP contribution in [0.25, 0.3) is 60.6 Å². The topological polar surface area (TPSA) is 90.4 Å².